The number of carbonyl (C=O) groups excluding carboxylic acids is 7. The molecular formula is C47H62ClF4N7O9. The summed E-state index contributed by atoms with van der Waals surface area (Å²) in [5.74, 6) is -6.27. The van der Waals surface area contributed by atoms with Gasteiger partial charge in [-0.25, -0.2) is 4.39 Å². The molecule has 7 amide bonds. The van der Waals surface area contributed by atoms with E-state index in [-0.39, 0.29) is 45.1 Å². The molecule has 0 aromatic heterocycles. The van der Waals surface area contributed by atoms with E-state index in [4.69, 9.17) is 16.3 Å². The third-order valence-corrected chi connectivity index (χ3v) is 12.8. The molecule has 2 aromatic carbocycles. The lowest BCUT2D eigenvalue weighted by atomic mass is 9.97. The third-order valence-electron chi connectivity index (χ3n) is 12.6. The van der Waals surface area contributed by atoms with Gasteiger partial charge < -0.3 is 45.8 Å². The highest BCUT2D eigenvalue weighted by molar-refractivity contribution is 6.30. The number of likely N-dealkylation sites (tertiary alicyclic amines) is 1. The second-order valence-electron chi connectivity index (χ2n) is 19.1. The number of rotatable bonds is 12. The van der Waals surface area contributed by atoms with Gasteiger partial charge in [0, 0.05) is 38.5 Å². The Morgan fingerprint density at radius 3 is 2.29 bits per heavy atom. The number of benzene rings is 2. The van der Waals surface area contributed by atoms with Crippen LogP contribution in [0.2, 0.25) is 5.02 Å². The summed E-state index contributed by atoms with van der Waals surface area (Å²) in [4.78, 5) is 101. The molecule has 374 valence electrons. The van der Waals surface area contributed by atoms with E-state index in [9.17, 15) is 56.2 Å². The van der Waals surface area contributed by atoms with E-state index in [1.165, 1.54) is 32.8 Å². The van der Waals surface area contributed by atoms with Crippen LogP contribution in [0.1, 0.15) is 85.1 Å². The van der Waals surface area contributed by atoms with E-state index in [1.54, 1.807) is 42.5 Å². The number of nitrogens with one attached hydrogen (secondary N) is 4. The molecule has 0 radical (unpaired) electrons. The molecule has 1 saturated carbocycles. The fraction of sp³-hybridized carbons (Fsp3) is 0.596. The van der Waals surface area contributed by atoms with Crippen LogP contribution >= 0.6 is 11.6 Å². The number of hydrogen-bond acceptors (Lipinski definition) is 9. The first-order chi connectivity index (χ1) is 31.7. The van der Waals surface area contributed by atoms with Crippen LogP contribution in [0.4, 0.5) is 17.6 Å². The van der Waals surface area contributed by atoms with Gasteiger partial charge in [-0.15, -0.1) is 0 Å². The Labute approximate surface area is 398 Å². The minimum atomic E-state index is -5.44. The SMILES string of the molecule is CC(C)C[C@@H]1NC(=O)[C@@H](N(C)C(=O)[C@@H](NC(=O)[C@@H]2C[C@@H](F)CN2C(=O)[C@@](C)(O)C(F)(F)F)C2CC2)CCCCNC(=O)C(C)(C)NC(=O)[C@H](Cc2cc(Cl)ccc2Oc2ccccc2)N(C)C1=O. The van der Waals surface area contributed by atoms with Crippen molar-refractivity contribution in [3.05, 3.63) is 59.1 Å². The minimum Gasteiger partial charge on any atom is -0.457 e. The fourth-order valence-corrected chi connectivity index (χ4v) is 8.52. The first-order valence-corrected chi connectivity index (χ1v) is 23.1. The summed E-state index contributed by atoms with van der Waals surface area (Å²) in [6.07, 6.45) is -6.61. The minimum absolute atomic E-state index is 0.0103. The van der Waals surface area contributed by atoms with Gasteiger partial charge in [0.2, 0.25) is 41.0 Å². The van der Waals surface area contributed by atoms with Crippen LogP contribution in [0.15, 0.2) is 48.5 Å². The number of nitrogens with zero attached hydrogens (tertiary/aromatic N) is 3. The van der Waals surface area contributed by atoms with Gasteiger partial charge in [-0.3, -0.25) is 33.6 Å². The molecule has 5 rings (SSSR count). The summed E-state index contributed by atoms with van der Waals surface area (Å²) in [5.41, 5.74) is -4.95. The Kier molecular flexibility index (Phi) is 17.2. The highest BCUT2D eigenvalue weighted by Gasteiger charge is 2.59. The van der Waals surface area contributed by atoms with E-state index in [0.29, 0.717) is 46.2 Å². The number of carbonyl (C=O) groups is 7. The molecule has 0 bridgehead atoms. The van der Waals surface area contributed by atoms with Crippen molar-refractivity contribution >= 4 is 53.0 Å². The largest absolute Gasteiger partial charge is 0.457 e. The molecule has 5 N–H and O–H groups in total. The fourth-order valence-electron chi connectivity index (χ4n) is 8.32. The lowest BCUT2D eigenvalue weighted by molar-refractivity contribution is -0.250. The van der Waals surface area contributed by atoms with Gasteiger partial charge in [-0.2, -0.15) is 13.2 Å². The van der Waals surface area contributed by atoms with Gasteiger partial charge in [0.25, 0.3) is 5.91 Å². The summed E-state index contributed by atoms with van der Waals surface area (Å²) < 4.78 is 61.8. The number of aliphatic hydroxyl groups is 1. The van der Waals surface area contributed by atoms with Gasteiger partial charge in [-0.05, 0) is 107 Å². The zero-order valence-electron chi connectivity index (χ0n) is 39.3. The number of likely N-dealkylation sites (N-methyl/N-ethyl adjacent to an activating group) is 2. The molecule has 0 unspecified atom stereocenters. The van der Waals surface area contributed by atoms with Gasteiger partial charge >= 0.3 is 6.18 Å². The predicted octanol–water partition coefficient (Wildman–Crippen LogP) is 4.20. The van der Waals surface area contributed by atoms with Gasteiger partial charge in [0.1, 0.15) is 53.4 Å². The molecule has 2 heterocycles. The van der Waals surface area contributed by atoms with Crippen molar-refractivity contribution in [3.63, 3.8) is 0 Å². The standard InChI is InChI=1S/C47H62ClF4N7O9/c1-26(2)21-32-41(63)58(7)34(23-28-22-29(48)18-19-36(28)68-31-13-9-8-10-14-31)40(62)56-45(3,4)43(65)53-20-12-11-15-33(38(60)54-32)57(6)42(64)37(27-16-17-27)55-39(61)35-24-30(49)25-59(35)44(66)46(5,67)47(50,51)52/h8-10,13-14,18-19,22,26-27,30,32-35,37,67H,11-12,15-17,20-21,23-25H2,1-7H3,(H,53,65)(H,54,60)(H,55,61)(H,56,62)/t30-,32+,33+,34+,35+,37+,46-/m1/s1. The van der Waals surface area contributed by atoms with Crippen LogP contribution in [0.3, 0.4) is 0 Å². The van der Waals surface area contributed by atoms with Crippen LogP contribution < -0.4 is 26.0 Å². The quantitative estimate of drug-likeness (QED) is 0.193. The van der Waals surface area contributed by atoms with E-state index >= 15 is 0 Å². The second-order valence-corrected chi connectivity index (χ2v) is 19.5. The Morgan fingerprint density at radius 2 is 1.68 bits per heavy atom. The molecule has 3 aliphatic rings. The molecule has 2 aromatic rings. The highest BCUT2D eigenvalue weighted by Crippen LogP contribution is 2.37. The van der Waals surface area contributed by atoms with Crippen molar-refractivity contribution in [1.29, 1.82) is 0 Å². The molecule has 2 aliphatic heterocycles. The maximum absolute atomic E-state index is 14.7. The summed E-state index contributed by atoms with van der Waals surface area (Å²) in [6, 6.07) is 6.73. The summed E-state index contributed by atoms with van der Waals surface area (Å²) >= 11 is 6.46. The highest BCUT2D eigenvalue weighted by atomic mass is 35.5. The van der Waals surface area contributed by atoms with Gasteiger partial charge in [0.05, 0.1) is 6.54 Å². The van der Waals surface area contributed by atoms with Gasteiger partial charge in [-0.1, -0.05) is 43.6 Å². The monoisotopic (exact) mass is 979 g/mol. The van der Waals surface area contributed by atoms with Crippen molar-refractivity contribution in [1.82, 2.24) is 36.0 Å². The Hall–Kier alpha value is -5.50. The number of para-hydroxylation sites is 1. The number of ether oxygens (including phenoxy) is 1. The smallest absolute Gasteiger partial charge is 0.426 e. The second kappa shape index (κ2) is 21.9. The third kappa shape index (κ3) is 13.0. The molecule has 0 spiro atoms. The Morgan fingerprint density at radius 1 is 1.01 bits per heavy atom. The number of hydrogen-bond donors (Lipinski definition) is 5. The Balaban J connectivity index is 1.45. The summed E-state index contributed by atoms with van der Waals surface area (Å²) in [6.45, 7) is 6.11. The van der Waals surface area contributed by atoms with Crippen molar-refractivity contribution in [3.8, 4) is 11.5 Å². The van der Waals surface area contributed by atoms with Crippen LogP contribution in [0.5, 0.6) is 11.5 Å². The van der Waals surface area contributed by atoms with E-state index in [1.807, 2.05) is 19.9 Å². The van der Waals surface area contributed by atoms with E-state index < -0.39 is 114 Å². The molecule has 7 atom stereocenters. The zero-order chi connectivity index (χ0) is 50.5. The Bertz CT molecular complexity index is 2190. The summed E-state index contributed by atoms with van der Waals surface area (Å²) in [7, 11) is 2.72. The van der Waals surface area contributed by atoms with Crippen LogP contribution in [0, 0.1) is 11.8 Å². The van der Waals surface area contributed by atoms with Crippen molar-refractivity contribution < 1.29 is 61.0 Å². The van der Waals surface area contributed by atoms with Crippen molar-refractivity contribution in [2.24, 2.45) is 11.8 Å². The van der Waals surface area contributed by atoms with Crippen molar-refractivity contribution in [2.75, 3.05) is 27.2 Å². The van der Waals surface area contributed by atoms with Crippen LogP contribution in [-0.2, 0) is 40.0 Å². The van der Waals surface area contributed by atoms with Crippen LogP contribution in [-0.4, -0.2) is 142 Å². The first-order valence-electron chi connectivity index (χ1n) is 22.7. The van der Waals surface area contributed by atoms with E-state index in [0.717, 1.165) is 4.90 Å². The average Bonchev–Trinajstić information content (AvgIpc) is 4.03. The van der Waals surface area contributed by atoms with Crippen molar-refractivity contribution in [2.45, 2.75) is 140 Å². The first kappa shape index (κ1) is 53.5. The average molecular weight is 980 g/mol. The normalized spacial score (nSPS) is 24.6. The lowest BCUT2D eigenvalue weighted by Crippen LogP contribution is -2.62. The zero-order valence-corrected chi connectivity index (χ0v) is 40.0. The topological polar surface area (TPSA) is 207 Å². The number of alkyl halides is 4. The maximum atomic E-state index is 14.7. The molecule has 68 heavy (non-hydrogen) atoms. The maximum Gasteiger partial charge on any atom is 0.426 e. The molecule has 3 fully saturated rings. The molecule has 21 heteroatoms. The predicted molar refractivity (Wildman–Crippen MR) is 242 cm³/mol. The molecule has 16 nitrogen and oxygen atoms in total. The molecule has 1 aliphatic carbocycles. The molecular weight excluding hydrogens is 918 g/mol. The van der Waals surface area contributed by atoms with Crippen LogP contribution in [0.25, 0.3) is 0 Å². The summed E-state index contributed by atoms with van der Waals surface area (Å²) in [5, 5.41) is 21.3. The van der Waals surface area contributed by atoms with E-state index in [2.05, 4.69) is 21.3 Å². The number of amides is 7. The van der Waals surface area contributed by atoms with Gasteiger partial charge in [0.15, 0.2) is 0 Å². The molecule has 2 saturated heterocycles. The lowest BCUT2D eigenvalue weighted by Gasteiger charge is -2.36. The number of halogens is 5.